The zero-order chi connectivity index (χ0) is 16.6. The van der Waals surface area contributed by atoms with Gasteiger partial charge < -0.3 is 14.5 Å². The summed E-state index contributed by atoms with van der Waals surface area (Å²) in [7, 11) is 0. The number of nitrogens with zero attached hydrogens (tertiary/aromatic N) is 2. The molecule has 1 aromatic carbocycles. The lowest BCUT2D eigenvalue weighted by Gasteiger charge is -2.41. The van der Waals surface area contributed by atoms with E-state index in [1.54, 1.807) is 0 Å². The summed E-state index contributed by atoms with van der Waals surface area (Å²) in [6, 6.07) is 9.71. The molecule has 3 fully saturated rings. The first-order valence-electron chi connectivity index (χ1n) is 8.95. The van der Waals surface area contributed by atoms with Crippen molar-refractivity contribution in [2.45, 2.75) is 43.7 Å². The van der Waals surface area contributed by atoms with E-state index in [4.69, 9.17) is 4.74 Å². The highest BCUT2D eigenvalue weighted by Gasteiger charge is 2.46. The van der Waals surface area contributed by atoms with E-state index < -0.39 is 0 Å². The highest BCUT2D eigenvalue weighted by molar-refractivity contribution is 5.94. The van der Waals surface area contributed by atoms with Crippen LogP contribution in [0.5, 0.6) is 0 Å². The van der Waals surface area contributed by atoms with Crippen LogP contribution in [0.4, 0.5) is 0 Å². The fraction of sp³-hybridized carbons (Fsp3) is 0.579. The maximum absolute atomic E-state index is 12.7. The van der Waals surface area contributed by atoms with Gasteiger partial charge in [-0.25, -0.2) is 0 Å². The number of amides is 2. The molecule has 0 unspecified atom stereocenters. The van der Waals surface area contributed by atoms with E-state index in [1.807, 2.05) is 40.1 Å². The third-order valence-corrected chi connectivity index (χ3v) is 5.64. The van der Waals surface area contributed by atoms with Crippen LogP contribution in [0.3, 0.4) is 0 Å². The topological polar surface area (TPSA) is 49.9 Å². The molecule has 2 amide bonds. The predicted octanol–water partition coefficient (Wildman–Crippen LogP) is 2.07. The van der Waals surface area contributed by atoms with Gasteiger partial charge in [0.15, 0.2) is 0 Å². The lowest BCUT2D eigenvalue weighted by atomic mass is 9.89. The number of hydrogen-bond donors (Lipinski definition) is 0. The van der Waals surface area contributed by atoms with Gasteiger partial charge in [-0.3, -0.25) is 9.59 Å². The second-order valence-corrected chi connectivity index (χ2v) is 7.21. The van der Waals surface area contributed by atoms with Crippen molar-refractivity contribution in [2.75, 3.05) is 26.2 Å². The molecular weight excluding hydrogens is 304 g/mol. The zero-order valence-electron chi connectivity index (χ0n) is 13.9. The molecule has 0 aromatic heterocycles. The van der Waals surface area contributed by atoms with E-state index >= 15 is 0 Å². The summed E-state index contributed by atoms with van der Waals surface area (Å²) in [5, 5.41) is 0. The van der Waals surface area contributed by atoms with Gasteiger partial charge in [0.25, 0.3) is 5.91 Å². The maximum atomic E-state index is 12.7. The number of carbonyl (C=O) groups is 2. The van der Waals surface area contributed by atoms with E-state index in [-0.39, 0.29) is 23.5 Å². The van der Waals surface area contributed by atoms with Gasteiger partial charge >= 0.3 is 0 Å². The smallest absolute Gasteiger partial charge is 0.253 e. The van der Waals surface area contributed by atoms with Gasteiger partial charge in [-0.05, 0) is 37.8 Å². The van der Waals surface area contributed by atoms with Crippen LogP contribution >= 0.6 is 0 Å². The minimum absolute atomic E-state index is 0.0791. The second kappa shape index (κ2) is 6.20. The molecule has 2 atom stereocenters. The van der Waals surface area contributed by atoms with Crippen LogP contribution in [0.1, 0.15) is 42.5 Å². The quantitative estimate of drug-likeness (QED) is 0.835. The fourth-order valence-corrected chi connectivity index (χ4v) is 4.39. The predicted molar refractivity (Wildman–Crippen MR) is 89.6 cm³/mol. The highest BCUT2D eigenvalue weighted by atomic mass is 16.5. The van der Waals surface area contributed by atoms with Gasteiger partial charge in [-0.2, -0.15) is 0 Å². The Hall–Kier alpha value is -1.88. The molecule has 3 aliphatic heterocycles. The Balaban J connectivity index is 1.45. The van der Waals surface area contributed by atoms with Crippen LogP contribution < -0.4 is 0 Å². The minimum Gasteiger partial charge on any atom is -0.373 e. The van der Waals surface area contributed by atoms with Crippen LogP contribution in [0.15, 0.2) is 30.3 Å². The van der Waals surface area contributed by atoms with Crippen LogP contribution in [0.25, 0.3) is 0 Å². The Morgan fingerprint density at radius 3 is 2.79 bits per heavy atom. The third kappa shape index (κ3) is 2.81. The first-order valence-corrected chi connectivity index (χ1v) is 8.95. The molecule has 128 valence electrons. The Labute approximate surface area is 142 Å². The van der Waals surface area contributed by atoms with Crippen LogP contribution in [-0.4, -0.2) is 59.5 Å². The van der Waals surface area contributed by atoms with E-state index in [0.717, 1.165) is 44.3 Å². The van der Waals surface area contributed by atoms with E-state index in [0.29, 0.717) is 19.6 Å². The van der Waals surface area contributed by atoms with Crippen LogP contribution in [-0.2, 0) is 9.53 Å². The second-order valence-electron chi connectivity index (χ2n) is 7.21. The summed E-state index contributed by atoms with van der Waals surface area (Å²) >= 11 is 0. The average Bonchev–Trinajstić information content (AvgIpc) is 3.22. The van der Waals surface area contributed by atoms with Gasteiger partial charge in [-0.1, -0.05) is 18.2 Å². The molecule has 3 aliphatic rings. The van der Waals surface area contributed by atoms with Crippen molar-refractivity contribution in [2.24, 2.45) is 0 Å². The Morgan fingerprint density at radius 1 is 1.21 bits per heavy atom. The van der Waals surface area contributed by atoms with Crippen molar-refractivity contribution >= 4 is 11.8 Å². The van der Waals surface area contributed by atoms with E-state index in [1.165, 1.54) is 0 Å². The number of carbonyl (C=O) groups excluding carboxylic acids is 2. The number of likely N-dealkylation sites (tertiary alicyclic amines) is 2. The lowest BCUT2D eigenvalue weighted by Crippen LogP contribution is -2.50. The van der Waals surface area contributed by atoms with Crippen molar-refractivity contribution in [3.63, 3.8) is 0 Å². The molecule has 0 saturated carbocycles. The van der Waals surface area contributed by atoms with Gasteiger partial charge in [-0.15, -0.1) is 0 Å². The number of ether oxygens (including phenoxy) is 1. The monoisotopic (exact) mass is 328 g/mol. The Bertz CT molecular complexity index is 633. The molecule has 5 heteroatoms. The molecule has 4 rings (SSSR count). The molecule has 0 radical (unpaired) electrons. The molecule has 3 saturated heterocycles. The fourth-order valence-electron chi connectivity index (χ4n) is 4.39. The summed E-state index contributed by atoms with van der Waals surface area (Å²) < 4.78 is 6.14. The molecule has 0 N–H and O–H groups in total. The normalized spacial score (nSPS) is 30.3. The minimum atomic E-state index is -0.268. The molecule has 3 heterocycles. The summed E-state index contributed by atoms with van der Waals surface area (Å²) in [4.78, 5) is 28.7. The average molecular weight is 328 g/mol. The van der Waals surface area contributed by atoms with Gasteiger partial charge in [0.05, 0.1) is 12.1 Å². The summed E-state index contributed by atoms with van der Waals surface area (Å²) in [6.07, 6.45) is 4.30. The molecule has 5 nitrogen and oxygen atoms in total. The van der Waals surface area contributed by atoms with Crippen molar-refractivity contribution in [3.05, 3.63) is 35.9 Å². The van der Waals surface area contributed by atoms with E-state index in [9.17, 15) is 9.59 Å². The number of hydrogen-bond acceptors (Lipinski definition) is 3. The van der Waals surface area contributed by atoms with Gasteiger partial charge in [0.2, 0.25) is 5.91 Å². The maximum Gasteiger partial charge on any atom is 0.253 e. The van der Waals surface area contributed by atoms with Crippen LogP contribution in [0, 0.1) is 0 Å². The summed E-state index contributed by atoms with van der Waals surface area (Å²) in [6.45, 7) is 2.93. The standard InChI is InChI=1S/C19H24N2O3/c22-17-7-4-10-21(17)16-8-12-24-19(13-16)9-11-20(14-19)18(23)15-5-2-1-3-6-15/h1-3,5-6,16H,4,7-14H2/t16-,19-/m1/s1. The molecule has 24 heavy (non-hydrogen) atoms. The summed E-state index contributed by atoms with van der Waals surface area (Å²) in [5.41, 5.74) is 0.465. The van der Waals surface area contributed by atoms with E-state index in [2.05, 4.69) is 0 Å². The number of benzene rings is 1. The first kappa shape index (κ1) is 15.6. The first-order chi connectivity index (χ1) is 11.7. The molecular formula is C19H24N2O3. The van der Waals surface area contributed by atoms with Gasteiger partial charge in [0.1, 0.15) is 0 Å². The Kier molecular flexibility index (Phi) is 4.04. The SMILES string of the molecule is O=C(c1ccccc1)N1CC[C@@]2(C[C@H](N3CCCC3=O)CCO2)C1. The van der Waals surface area contributed by atoms with Crippen molar-refractivity contribution in [3.8, 4) is 0 Å². The summed E-state index contributed by atoms with van der Waals surface area (Å²) in [5.74, 6) is 0.364. The zero-order valence-corrected chi connectivity index (χ0v) is 13.9. The third-order valence-electron chi connectivity index (χ3n) is 5.64. The molecule has 0 bridgehead atoms. The highest BCUT2D eigenvalue weighted by Crippen LogP contribution is 2.37. The lowest BCUT2D eigenvalue weighted by molar-refractivity contribution is -0.137. The Morgan fingerprint density at radius 2 is 2.04 bits per heavy atom. The molecule has 0 aliphatic carbocycles. The molecule has 1 spiro atoms. The van der Waals surface area contributed by atoms with Crippen LogP contribution in [0.2, 0.25) is 0 Å². The van der Waals surface area contributed by atoms with Crippen molar-refractivity contribution in [1.29, 1.82) is 0 Å². The van der Waals surface area contributed by atoms with Crippen molar-refractivity contribution < 1.29 is 14.3 Å². The van der Waals surface area contributed by atoms with Crippen molar-refractivity contribution in [1.82, 2.24) is 9.80 Å². The number of rotatable bonds is 2. The largest absolute Gasteiger partial charge is 0.373 e. The van der Waals surface area contributed by atoms with Gasteiger partial charge in [0, 0.05) is 37.7 Å². The molecule has 1 aromatic rings.